The molecule has 0 aliphatic carbocycles. The van der Waals surface area contributed by atoms with Crippen molar-refractivity contribution in [2.75, 3.05) is 0 Å². The molecule has 0 aliphatic rings. The fraction of sp³-hybridized carbons (Fsp3) is 0. The summed E-state index contributed by atoms with van der Waals surface area (Å²) in [6.07, 6.45) is 1.79. The van der Waals surface area contributed by atoms with E-state index in [1.165, 1.54) is 0 Å². The van der Waals surface area contributed by atoms with Crippen molar-refractivity contribution in [2.45, 2.75) is 0 Å². The van der Waals surface area contributed by atoms with Crippen LogP contribution in [0.3, 0.4) is 0 Å². The Morgan fingerprint density at radius 2 is 0.588 bits per heavy atom. The molecule has 0 saturated carbocycles. The summed E-state index contributed by atoms with van der Waals surface area (Å²) in [6, 6.07) is 119. The third kappa shape index (κ3) is 7.93. The molecular weight excluding hydrogens is 1180 g/mol. The summed E-state index contributed by atoms with van der Waals surface area (Å²) >= 11 is 0. The summed E-state index contributed by atoms with van der Waals surface area (Å²) in [5.74, 6) is 0. The van der Waals surface area contributed by atoms with Crippen molar-refractivity contribution in [3.8, 4) is 84.5 Å². The van der Waals surface area contributed by atoms with Crippen molar-refractivity contribution in [2.24, 2.45) is 0 Å². The molecule has 0 N–H and O–H groups in total. The van der Waals surface area contributed by atoms with Crippen molar-refractivity contribution < 1.29 is 4.42 Å². The van der Waals surface area contributed by atoms with Crippen LogP contribution in [0.25, 0.3) is 188 Å². The van der Waals surface area contributed by atoms with Gasteiger partial charge in [0.1, 0.15) is 17.2 Å². The molecule has 450 valence electrons. The standard InChI is InChI=1S/C90H54N6O/c91-55-71-86(93-72-43-17-13-34-67(72)82-61(38-21-47-76(82)93)56-26-5-1-6-27-56)88(95-74-45-19-15-36-69(74)84-63(40-23-49-78(84)95)58-30-9-3-10-31-58)81(60-51-52-65-66-42-25-53-92-90(66)97-80(65)54-60)89(96-75-46-20-16-37-70(75)85-64(41-24-50-79(85)96)59-32-11-4-12-33-59)87(71)94-73-44-18-14-35-68(73)83-62(39-22-48-77(83)94)57-28-7-2-8-29-57/h1-54H. The Hall–Kier alpha value is -13.3. The van der Waals surface area contributed by atoms with Crippen molar-refractivity contribution >= 4 is 109 Å². The Morgan fingerprint density at radius 1 is 0.268 bits per heavy atom. The second-order valence-electron chi connectivity index (χ2n) is 25.1. The largest absolute Gasteiger partial charge is 0.438 e. The number of benzene rings is 14. The van der Waals surface area contributed by atoms with Crippen LogP contribution in [-0.4, -0.2) is 23.3 Å². The van der Waals surface area contributed by atoms with Gasteiger partial charge in [-0.1, -0.05) is 249 Å². The second-order valence-corrected chi connectivity index (χ2v) is 25.1. The highest BCUT2D eigenvalue weighted by Gasteiger charge is 2.36. The first kappa shape index (κ1) is 54.3. The molecule has 14 aromatic carbocycles. The molecule has 0 aliphatic heterocycles. The lowest BCUT2D eigenvalue weighted by molar-refractivity contribution is 0.654. The van der Waals surface area contributed by atoms with Gasteiger partial charge in [0.05, 0.1) is 66.9 Å². The molecule has 20 rings (SSSR count). The van der Waals surface area contributed by atoms with Crippen molar-refractivity contribution in [1.82, 2.24) is 23.3 Å². The quantitative estimate of drug-likeness (QED) is 0.145. The number of nitrogens with zero attached hydrogens (tertiary/aromatic N) is 6. The van der Waals surface area contributed by atoms with Crippen LogP contribution in [0.1, 0.15) is 5.56 Å². The van der Waals surface area contributed by atoms with Crippen LogP contribution >= 0.6 is 0 Å². The van der Waals surface area contributed by atoms with Gasteiger partial charge in [0.15, 0.2) is 0 Å². The first-order valence-corrected chi connectivity index (χ1v) is 32.9. The number of hydrogen-bond acceptors (Lipinski definition) is 3. The second kappa shape index (κ2) is 21.4. The summed E-state index contributed by atoms with van der Waals surface area (Å²) in [7, 11) is 0. The predicted molar refractivity (Wildman–Crippen MR) is 401 cm³/mol. The van der Waals surface area contributed by atoms with Gasteiger partial charge in [0, 0.05) is 65.6 Å². The zero-order chi connectivity index (χ0) is 63.8. The first-order valence-electron chi connectivity index (χ1n) is 32.9. The van der Waals surface area contributed by atoms with Crippen LogP contribution in [0.4, 0.5) is 0 Å². The van der Waals surface area contributed by atoms with E-state index >= 15 is 0 Å². The van der Waals surface area contributed by atoms with Gasteiger partial charge in [0.25, 0.3) is 0 Å². The van der Waals surface area contributed by atoms with Crippen LogP contribution in [-0.2, 0) is 0 Å². The van der Waals surface area contributed by atoms with Gasteiger partial charge in [-0.15, -0.1) is 0 Å². The molecule has 20 aromatic rings. The summed E-state index contributed by atoms with van der Waals surface area (Å²) in [6.45, 7) is 0. The van der Waals surface area contributed by atoms with Crippen molar-refractivity contribution in [3.63, 3.8) is 0 Å². The molecule has 7 heteroatoms. The van der Waals surface area contributed by atoms with E-state index < -0.39 is 0 Å². The number of para-hydroxylation sites is 4. The maximum Gasteiger partial charge on any atom is 0.227 e. The van der Waals surface area contributed by atoms with Gasteiger partial charge in [-0.3, -0.25) is 0 Å². The molecule has 6 heterocycles. The molecule has 0 radical (unpaired) electrons. The summed E-state index contributed by atoms with van der Waals surface area (Å²) in [4.78, 5) is 4.81. The van der Waals surface area contributed by atoms with Crippen LogP contribution < -0.4 is 0 Å². The zero-order valence-electron chi connectivity index (χ0n) is 52.3. The summed E-state index contributed by atoms with van der Waals surface area (Å²) in [5.41, 5.74) is 23.0. The topological polar surface area (TPSA) is 69.5 Å². The Balaban J connectivity index is 1.11. The number of pyridine rings is 1. The number of furan rings is 1. The summed E-state index contributed by atoms with van der Waals surface area (Å²) < 4.78 is 16.8. The molecule has 97 heavy (non-hydrogen) atoms. The lowest BCUT2D eigenvalue weighted by Crippen LogP contribution is -2.16. The van der Waals surface area contributed by atoms with E-state index in [0.29, 0.717) is 28.2 Å². The normalized spacial score (nSPS) is 11.9. The van der Waals surface area contributed by atoms with E-state index in [-0.39, 0.29) is 0 Å². The summed E-state index contributed by atoms with van der Waals surface area (Å²) in [5, 5.41) is 24.1. The van der Waals surface area contributed by atoms with Gasteiger partial charge < -0.3 is 22.7 Å². The fourth-order valence-electron chi connectivity index (χ4n) is 16.2. The third-order valence-corrected chi connectivity index (χ3v) is 20.1. The molecule has 0 amide bonds. The minimum absolute atomic E-state index is 0.471. The van der Waals surface area contributed by atoms with E-state index in [4.69, 9.17) is 9.40 Å². The first-order chi connectivity index (χ1) is 48.2. The number of aromatic nitrogens is 5. The highest BCUT2D eigenvalue weighted by molar-refractivity contribution is 6.23. The number of fused-ring (bicyclic) bond motifs is 15. The molecule has 0 atom stereocenters. The predicted octanol–water partition coefficient (Wildman–Crippen LogP) is 23.6. The van der Waals surface area contributed by atoms with Gasteiger partial charge in [-0.05, 0) is 123 Å². The molecular formula is C90H54N6O. The van der Waals surface area contributed by atoms with Crippen LogP contribution in [0.5, 0.6) is 0 Å². The lowest BCUT2D eigenvalue weighted by atomic mass is 9.92. The Kier molecular flexibility index (Phi) is 12.0. The maximum absolute atomic E-state index is 13.6. The Bertz CT molecular complexity index is 6340. The smallest absolute Gasteiger partial charge is 0.227 e. The Morgan fingerprint density at radius 3 is 0.948 bits per heavy atom. The van der Waals surface area contributed by atoms with Crippen molar-refractivity contribution in [3.05, 3.63) is 333 Å². The number of rotatable bonds is 9. The SMILES string of the molecule is N#Cc1c(-n2c3ccccc3c3c(-c4ccccc4)cccc32)c(-n2c3ccccc3c3c(-c4ccccc4)cccc32)c(-c2ccc3c(c2)oc2ncccc23)c(-n2c3ccccc3c3c(-c4ccccc4)cccc32)c1-n1c2ccccc2c2c(-c3ccccc3)cccc21. The third-order valence-electron chi connectivity index (χ3n) is 20.1. The highest BCUT2D eigenvalue weighted by atomic mass is 16.3. The van der Waals surface area contributed by atoms with Gasteiger partial charge in [-0.2, -0.15) is 5.26 Å². The van der Waals surface area contributed by atoms with Gasteiger partial charge in [-0.25, -0.2) is 4.98 Å². The van der Waals surface area contributed by atoms with Gasteiger partial charge in [0.2, 0.25) is 5.71 Å². The maximum atomic E-state index is 13.6. The molecule has 0 unspecified atom stereocenters. The van der Waals surface area contributed by atoms with E-state index in [1.54, 1.807) is 6.20 Å². The molecule has 0 spiro atoms. The minimum atomic E-state index is 0.471. The molecule has 6 aromatic heterocycles. The molecule has 0 bridgehead atoms. The fourth-order valence-corrected chi connectivity index (χ4v) is 16.2. The van der Waals surface area contributed by atoms with E-state index in [1.807, 2.05) is 6.07 Å². The molecule has 7 nitrogen and oxygen atoms in total. The monoisotopic (exact) mass is 1230 g/mol. The molecule has 0 fully saturated rings. The number of hydrogen-bond donors (Lipinski definition) is 0. The minimum Gasteiger partial charge on any atom is -0.438 e. The van der Waals surface area contributed by atoms with Crippen molar-refractivity contribution in [1.29, 1.82) is 5.26 Å². The molecule has 0 saturated heterocycles. The van der Waals surface area contributed by atoms with Gasteiger partial charge >= 0.3 is 0 Å². The van der Waals surface area contributed by atoms with Crippen LogP contribution in [0.2, 0.25) is 0 Å². The van der Waals surface area contributed by atoms with E-state index in [2.05, 4.69) is 340 Å². The van der Waals surface area contributed by atoms with Crippen LogP contribution in [0.15, 0.2) is 332 Å². The average Bonchev–Trinajstić information content (AvgIpc) is 1.58. The highest BCUT2D eigenvalue weighted by Crippen LogP contribution is 2.54. The lowest BCUT2D eigenvalue weighted by Gasteiger charge is -2.29. The average molecular weight is 1240 g/mol. The number of nitriles is 1. The Labute approximate surface area is 556 Å². The van der Waals surface area contributed by atoms with Crippen LogP contribution in [0, 0.1) is 11.3 Å². The van der Waals surface area contributed by atoms with E-state index in [0.717, 1.165) is 165 Å². The zero-order valence-corrected chi connectivity index (χ0v) is 52.3. The van der Waals surface area contributed by atoms with E-state index in [9.17, 15) is 5.26 Å².